The minimum absolute atomic E-state index is 0.716. The Morgan fingerprint density at radius 1 is 1.14 bits per heavy atom. The van der Waals surface area contributed by atoms with Crippen molar-refractivity contribution in [2.75, 3.05) is 5.32 Å². The lowest BCUT2D eigenvalue weighted by Gasteiger charge is -2.15. The summed E-state index contributed by atoms with van der Waals surface area (Å²) in [6, 6.07) is 6.28. The molecule has 0 amide bonds. The smallest absolute Gasteiger partial charge is 0.223 e. The van der Waals surface area contributed by atoms with E-state index < -0.39 is 0 Å². The number of nitrogens with one attached hydrogen (secondary N) is 2. The molecule has 21 heavy (non-hydrogen) atoms. The summed E-state index contributed by atoms with van der Waals surface area (Å²) in [5.74, 6) is 0.723. The molecule has 0 radical (unpaired) electrons. The molecule has 0 aliphatic heterocycles. The Bertz CT molecular complexity index is 777. The van der Waals surface area contributed by atoms with Gasteiger partial charge in [-0.2, -0.15) is 5.10 Å². The van der Waals surface area contributed by atoms with Gasteiger partial charge in [0.1, 0.15) is 0 Å². The number of aryl methyl sites for hydroxylation is 2. The van der Waals surface area contributed by atoms with Gasteiger partial charge in [-0.25, -0.2) is 9.97 Å². The molecule has 5 nitrogen and oxygen atoms in total. The van der Waals surface area contributed by atoms with E-state index in [4.69, 9.17) is 0 Å². The lowest BCUT2D eigenvalue weighted by Crippen LogP contribution is -2.10. The molecule has 0 atom stereocenters. The van der Waals surface area contributed by atoms with Crippen LogP contribution in [0.5, 0.6) is 0 Å². The SMILES string of the molecule is c1cc2cn[nH]c2cc1CNc1ncc2c(n1)CCCC2. The van der Waals surface area contributed by atoms with Gasteiger partial charge >= 0.3 is 0 Å². The van der Waals surface area contributed by atoms with Gasteiger partial charge in [0.05, 0.1) is 11.7 Å². The van der Waals surface area contributed by atoms with Crippen LogP contribution in [-0.4, -0.2) is 20.2 Å². The standard InChI is InChI=1S/C16H17N5/c1-2-4-14-12(3-1)9-18-16(20-14)17-8-11-5-6-13-10-19-21-15(13)7-11/h5-7,9-10H,1-4,8H2,(H,19,21)(H,17,18,20). The zero-order valence-corrected chi connectivity index (χ0v) is 11.8. The molecule has 106 valence electrons. The summed E-state index contributed by atoms with van der Waals surface area (Å²) in [4.78, 5) is 9.06. The maximum Gasteiger partial charge on any atom is 0.223 e. The molecule has 0 saturated carbocycles. The highest BCUT2D eigenvalue weighted by Gasteiger charge is 2.11. The number of nitrogens with zero attached hydrogens (tertiary/aromatic N) is 3. The van der Waals surface area contributed by atoms with Gasteiger partial charge in [-0.15, -0.1) is 0 Å². The van der Waals surface area contributed by atoms with Crippen molar-refractivity contribution >= 4 is 16.9 Å². The lowest BCUT2D eigenvalue weighted by atomic mass is 9.98. The zero-order chi connectivity index (χ0) is 14.1. The summed E-state index contributed by atoms with van der Waals surface area (Å²) in [5.41, 5.74) is 4.77. The fraction of sp³-hybridized carbons (Fsp3) is 0.312. The van der Waals surface area contributed by atoms with Crippen molar-refractivity contribution in [1.82, 2.24) is 20.2 Å². The molecule has 0 fully saturated rings. The largest absolute Gasteiger partial charge is 0.350 e. The number of aromatic amines is 1. The molecule has 1 aliphatic rings. The van der Waals surface area contributed by atoms with E-state index in [1.165, 1.54) is 29.7 Å². The molecule has 4 rings (SSSR count). The average Bonchev–Trinajstić information content (AvgIpc) is 3.00. The Morgan fingerprint density at radius 2 is 2.10 bits per heavy atom. The van der Waals surface area contributed by atoms with Gasteiger partial charge in [0, 0.05) is 23.8 Å². The Morgan fingerprint density at radius 3 is 3.10 bits per heavy atom. The first-order valence-corrected chi connectivity index (χ1v) is 7.39. The fourth-order valence-corrected chi connectivity index (χ4v) is 2.84. The van der Waals surface area contributed by atoms with Gasteiger partial charge in [-0.1, -0.05) is 12.1 Å². The van der Waals surface area contributed by atoms with E-state index in [1.807, 2.05) is 12.4 Å². The second kappa shape index (κ2) is 5.16. The van der Waals surface area contributed by atoms with Crippen LogP contribution < -0.4 is 5.32 Å². The first-order valence-electron chi connectivity index (χ1n) is 7.39. The molecule has 2 N–H and O–H groups in total. The van der Waals surface area contributed by atoms with Crippen molar-refractivity contribution in [2.45, 2.75) is 32.2 Å². The second-order valence-electron chi connectivity index (χ2n) is 5.52. The van der Waals surface area contributed by atoms with Crippen LogP contribution in [0.3, 0.4) is 0 Å². The Balaban J connectivity index is 1.50. The van der Waals surface area contributed by atoms with Crippen LogP contribution in [0.25, 0.3) is 10.9 Å². The van der Waals surface area contributed by atoms with Crippen molar-refractivity contribution in [3.8, 4) is 0 Å². The van der Waals surface area contributed by atoms with Crippen LogP contribution in [0.2, 0.25) is 0 Å². The summed E-state index contributed by atoms with van der Waals surface area (Å²) in [6.45, 7) is 0.716. The van der Waals surface area contributed by atoms with Crippen LogP contribution in [0.1, 0.15) is 29.7 Å². The number of aromatic nitrogens is 4. The van der Waals surface area contributed by atoms with Crippen molar-refractivity contribution < 1.29 is 0 Å². The highest BCUT2D eigenvalue weighted by Crippen LogP contribution is 2.20. The van der Waals surface area contributed by atoms with Gasteiger partial charge in [0.25, 0.3) is 0 Å². The van der Waals surface area contributed by atoms with E-state index in [-0.39, 0.29) is 0 Å². The molecule has 1 aromatic carbocycles. The first-order chi connectivity index (χ1) is 10.4. The van der Waals surface area contributed by atoms with Crippen LogP contribution in [0.4, 0.5) is 5.95 Å². The Labute approximate surface area is 122 Å². The maximum absolute atomic E-state index is 4.64. The van der Waals surface area contributed by atoms with E-state index in [9.17, 15) is 0 Å². The van der Waals surface area contributed by atoms with E-state index in [2.05, 4.69) is 43.7 Å². The maximum atomic E-state index is 4.64. The third-order valence-electron chi connectivity index (χ3n) is 4.02. The molecular weight excluding hydrogens is 262 g/mol. The minimum Gasteiger partial charge on any atom is -0.350 e. The van der Waals surface area contributed by atoms with Gasteiger partial charge < -0.3 is 5.32 Å². The van der Waals surface area contributed by atoms with Crippen molar-refractivity contribution in [3.63, 3.8) is 0 Å². The molecule has 0 unspecified atom stereocenters. The predicted molar refractivity (Wildman–Crippen MR) is 82.1 cm³/mol. The second-order valence-corrected chi connectivity index (χ2v) is 5.52. The van der Waals surface area contributed by atoms with E-state index >= 15 is 0 Å². The number of fused-ring (bicyclic) bond motifs is 2. The predicted octanol–water partition coefficient (Wildman–Crippen LogP) is 2.84. The third kappa shape index (κ3) is 2.46. The summed E-state index contributed by atoms with van der Waals surface area (Å²) >= 11 is 0. The highest BCUT2D eigenvalue weighted by atomic mass is 15.1. The van der Waals surface area contributed by atoms with Crippen LogP contribution in [0, 0.1) is 0 Å². The molecule has 2 heterocycles. The first kappa shape index (κ1) is 12.3. The van der Waals surface area contributed by atoms with Gasteiger partial charge in [-0.05, 0) is 42.9 Å². The zero-order valence-electron chi connectivity index (χ0n) is 11.8. The Kier molecular flexibility index (Phi) is 3.03. The van der Waals surface area contributed by atoms with Crippen LogP contribution >= 0.6 is 0 Å². The number of hydrogen-bond acceptors (Lipinski definition) is 4. The summed E-state index contributed by atoms with van der Waals surface area (Å²) < 4.78 is 0. The van der Waals surface area contributed by atoms with Gasteiger partial charge in [0.2, 0.25) is 5.95 Å². The summed E-state index contributed by atoms with van der Waals surface area (Å²) in [6.07, 6.45) is 8.49. The molecule has 2 aromatic heterocycles. The van der Waals surface area contributed by atoms with Gasteiger partial charge in [-0.3, -0.25) is 5.10 Å². The van der Waals surface area contributed by atoms with Crippen molar-refractivity contribution in [2.24, 2.45) is 0 Å². The average molecular weight is 279 g/mol. The molecule has 5 heteroatoms. The molecule has 0 bridgehead atoms. The normalized spacial score (nSPS) is 14.1. The number of H-pyrrole nitrogens is 1. The van der Waals surface area contributed by atoms with Crippen LogP contribution in [0.15, 0.2) is 30.6 Å². The topological polar surface area (TPSA) is 66.5 Å². The highest BCUT2D eigenvalue weighted by molar-refractivity contribution is 5.78. The minimum atomic E-state index is 0.716. The quantitative estimate of drug-likeness (QED) is 0.773. The van der Waals surface area contributed by atoms with Crippen LogP contribution in [-0.2, 0) is 19.4 Å². The van der Waals surface area contributed by atoms with E-state index in [0.29, 0.717) is 6.54 Å². The number of hydrogen-bond donors (Lipinski definition) is 2. The van der Waals surface area contributed by atoms with E-state index in [0.717, 1.165) is 29.7 Å². The van der Waals surface area contributed by atoms with E-state index in [1.54, 1.807) is 0 Å². The monoisotopic (exact) mass is 279 g/mol. The number of benzene rings is 1. The van der Waals surface area contributed by atoms with Gasteiger partial charge in [0.15, 0.2) is 0 Å². The molecule has 0 saturated heterocycles. The Hall–Kier alpha value is -2.43. The molecule has 3 aromatic rings. The van der Waals surface area contributed by atoms with Crippen molar-refractivity contribution in [3.05, 3.63) is 47.4 Å². The van der Waals surface area contributed by atoms with Crippen molar-refractivity contribution in [1.29, 1.82) is 0 Å². The summed E-state index contributed by atoms with van der Waals surface area (Å²) in [5, 5.41) is 11.5. The lowest BCUT2D eigenvalue weighted by molar-refractivity contribution is 0.663. The third-order valence-corrected chi connectivity index (χ3v) is 4.02. The molecule has 0 spiro atoms. The fourth-order valence-electron chi connectivity index (χ4n) is 2.84. The number of anilines is 1. The summed E-state index contributed by atoms with van der Waals surface area (Å²) in [7, 11) is 0. The molecular formula is C16H17N5. The number of rotatable bonds is 3. The molecule has 1 aliphatic carbocycles.